The summed E-state index contributed by atoms with van der Waals surface area (Å²) in [6, 6.07) is 0. The van der Waals surface area contributed by atoms with Crippen LogP contribution in [0, 0.1) is 0 Å². The Kier molecular flexibility index (Phi) is 16.6. The van der Waals surface area contributed by atoms with Gasteiger partial charge < -0.3 is 5.11 Å². The Morgan fingerprint density at radius 2 is 1.11 bits per heavy atom. The lowest BCUT2D eigenvalue weighted by Crippen LogP contribution is -1.98. The Morgan fingerprint density at radius 1 is 0.684 bits per heavy atom. The van der Waals surface area contributed by atoms with Gasteiger partial charge in [0.15, 0.2) is 0 Å². The van der Waals surface area contributed by atoms with Crippen LogP contribution in [0.3, 0.4) is 0 Å². The maximum absolute atomic E-state index is 9.40. The zero-order valence-corrected chi connectivity index (χ0v) is 14.1. The highest BCUT2D eigenvalue weighted by atomic mass is 32.2. The molecular weight excluding hydrogens is 252 g/mol. The second kappa shape index (κ2) is 16.4. The van der Waals surface area contributed by atoms with Gasteiger partial charge in [-0.1, -0.05) is 84.5 Å². The second-order valence-corrected chi connectivity index (χ2v) is 6.91. The zero-order chi connectivity index (χ0) is 14.2. The van der Waals surface area contributed by atoms with Crippen molar-refractivity contribution in [2.45, 2.75) is 103 Å². The Balaban J connectivity index is 2.95. The third kappa shape index (κ3) is 16.3. The molecule has 1 N–H and O–H groups in total. The van der Waals surface area contributed by atoms with Crippen LogP contribution in [0.2, 0.25) is 0 Å². The standard InChI is InChI=1S/C17H36OS/c1-3-5-6-7-8-9-10-11-12-13-14-15-16-19-17(18)4-2/h17-18H,3-16H2,1-2H3. The van der Waals surface area contributed by atoms with Gasteiger partial charge in [0.2, 0.25) is 0 Å². The molecule has 0 aromatic carbocycles. The quantitative estimate of drug-likeness (QED) is 0.288. The van der Waals surface area contributed by atoms with Crippen LogP contribution in [0.25, 0.3) is 0 Å². The summed E-state index contributed by atoms with van der Waals surface area (Å²) in [7, 11) is 0. The second-order valence-electron chi connectivity index (χ2n) is 5.62. The highest BCUT2D eigenvalue weighted by Crippen LogP contribution is 2.16. The molecule has 0 rings (SSSR count). The van der Waals surface area contributed by atoms with Gasteiger partial charge in [0.05, 0.1) is 5.44 Å². The van der Waals surface area contributed by atoms with Crippen molar-refractivity contribution in [3.63, 3.8) is 0 Å². The molecule has 2 heteroatoms. The van der Waals surface area contributed by atoms with Crippen molar-refractivity contribution >= 4 is 11.8 Å². The van der Waals surface area contributed by atoms with Gasteiger partial charge >= 0.3 is 0 Å². The van der Waals surface area contributed by atoms with Crippen LogP contribution in [0.4, 0.5) is 0 Å². The minimum absolute atomic E-state index is 0.132. The first kappa shape index (κ1) is 19.3. The number of rotatable bonds is 15. The van der Waals surface area contributed by atoms with Gasteiger partial charge in [-0.3, -0.25) is 0 Å². The molecule has 0 aliphatic heterocycles. The zero-order valence-electron chi connectivity index (χ0n) is 13.3. The van der Waals surface area contributed by atoms with Crippen LogP contribution < -0.4 is 0 Å². The topological polar surface area (TPSA) is 20.2 Å². The molecule has 0 spiro atoms. The van der Waals surface area contributed by atoms with Crippen LogP contribution >= 0.6 is 11.8 Å². The van der Waals surface area contributed by atoms with Crippen molar-refractivity contribution in [3.05, 3.63) is 0 Å². The summed E-state index contributed by atoms with van der Waals surface area (Å²) in [4.78, 5) is 0. The lowest BCUT2D eigenvalue weighted by Gasteiger charge is -2.06. The van der Waals surface area contributed by atoms with E-state index in [4.69, 9.17) is 0 Å². The molecule has 0 aliphatic rings. The van der Waals surface area contributed by atoms with E-state index in [2.05, 4.69) is 6.92 Å². The fourth-order valence-electron chi connectivity index (χ4n) is 2.28. The van der Waals surface area contributed by atoms with E-state index in [0.29, 0.717) is 0 Å². The SMILES string of the molecule is CCCCCCCCCCCCCCSC(O)CC. The van der Waals surface area contributed by atoms with Crippen LogP contribution in [-0.2, 0) is 0 Å². The molecule has 0 heterocycles. The fraction of sp³-hybridized carbons (Fsp3) is 1.00. The van der Waals surface area contributed by atoms with Gasteiger partial charge in [-0.2, -0.15) is 0 Å². The van der Waals surface area contributed by atoms with Gasteiger partial charge in [-0.05, 0) is 18.6 Å². The summed E-state index contributed by atoms with van der Waals surface area (Å²) in [5.74, 6) is 1.13. The van der Waals surface area contributed by atoms with E-state index in [1.807, 2.05) is 6.92 Å². The van der Waals surface area contributed by atoms with Crippen molar-refractivity contribution in [2.75, 3.05) is 5.75 Å². The van der Waals surface area contributed by atoms with E-state index < -0.39 is 0 Å². The number of hydrogen-bond donors (Lipinski definition) is 1. The van der Waals surface area contributed by atoms with E-state index in [0.717, 1.165) is 12.2 Å². The first-order chi connectivity index (χ1) is 9.31. The molecule has 1 nitrogen and oxygen atoms in total. The van der Waals surface area contributed by atoms with E-state index in [9.17, 15) is 5.11 Å². The molecule has 0 radical (unpaired) electrons. The first-order valence-electron chi connectivity index (χ1n) is 8.61. The van der Waals surface area contributed by atoms with Crippen molar-refractivity contribution in [1.82, 2.24) is 0 Å². The molecule has 0 fully saturated rings. The van der Waals surface area contributed by atoms with Gasteiger partial charge in [0.1, 0.15) is 0 Å². The third-order valence-electron chi connectivity index (χ3n) is 3.66. The molecule has 0 saturated carbocycles. The van der Waals surface area contributed by atoms with Crippen LogP contribution in [0.15, 0.2) is 0 Å². The van der Waals surface area contributed by atoms with Crippen LogP contribution in [-0.4, -0.2) is 16.3 Å². The molecule has 116 valence electrons. The first-order valence-corrected chi connectivity index (χ1v) is 9.65. The fourth-order valence-corrected chi connectivity index (χ4v) is 3.16. The molecule has 0 bridgehead atoms. The van der Waals surface area contributed by atoms with Crippen LogP contribution in [0.5, 0.6) is 0 Å². The predicted molar refractivity (Wildman–Crippen MR) is 89.8 cm³/mol. The van der Waals surface area contributed by atoms with Crippen molar-refractivity contribution < 1.29 is 5.11 Å². The maximum Gasteiger partial charge on any atom is 0.0990 e. The van der Waals surface area contributed by atoms with Crippen molar-refractivity contribution in [2.24, 2.45) is 0 Å². The number of thioether (sulfide) groups is 1. The van der Waals surface area contributed by atoms with Gasteiger partial charge in [-0.15, -0.1) is 11.8 Å². The number of hydrogen-bond acceptors (Lipinski definition) is 2. The molecule has 0 saturated heterocycles. The summed E-state index contributed by atoms with van der Waals surface area (Å²) in [5.41, 5.74) is -0.132. The maximum atomic E-state index is 9.40. The Hall–Kier alpha value is 0.310. The Labute approximate surface area is 125 Å². The molecule has 0 aromatic heterocycles. The summed E-state index contributed by atoms with van der Waals surface area (Å²) in [6.07, 6.45) is 17.7. The smallest absolute Gasteiger partial charge is 0.0990 e. The summed E-state index contributed by atoms with van der Waals surface area (Å²) in [6.45, 7) is 4.32. The average molecular weight is 289 g/mol. The van der Waals surface area contributed by atoms with Gasteiger partial charge in [-0.25, -0.2) is 0 Å². The number of aliphatic hydroxyl groups is 1. The number of aliphatic hydroxyl groups excluding tert-OH is 1. The molecule has 1 unspecified atom stereocenters. The van der Waals surface area contributed by atoms with Gasteiger partial charge in [0, 0.05) is 0 Å². The van der Waals surface area contributed by atoms with Crippen LogP contribution in [0.1, 0.15) is 97.3 Å². The van der Waals surface area contributed by atoms with Gasteiger partial charge in [0.25, 0.3) is 0 Å². The van der Waals surface area contributed by atoms with E-state index in [-0.39, 0.29) is 5.44 Å². The average Bonchev–Trinajstić information content (AvgIpc) is 2.43. The van der Waals surface area contributed by atoms with E-state index >= 15 is 0 Å². The summed E-state index contributed by atoms with van der Waals surface area (Å²) in [5, 5.41) is 9.40. The molecule has 0 aliphatic carbocycles. The highest BCUT2D eigenvalue weighted by molar-refractivity contribution is 7.99. The largest absolute Gasteiger partial charge is 0.382 e. The summed E-state index contributed by atoms with van der Waals surface area (Å²) < 4.78 is 0. The third-order valence-corrected chi connectivity index (χ3v) is 4.90. The van der Waals surface area contributed by atoms with Crippen molar-refractivity contribution in [1.29, 1.82) is 0 Å². The van der Waals surface area contributed by atoms with E-state index in [1.165, 1.54) is 77.0 Å². The minimum Gasteiger partial charge on any atom is -0.382 e. The molecule has 0 aromatic rings. The van der Waals surface area contributed by atoms with E-state index in [1.54, 1.807) is 11.8 Å². The minimum atomic E-state index is -0.132. The molecule has 1 atom stereocenters. The predicted octanol–water partition coefficient (Wildman–Crippen LogP) is 6.15. The molecule has 0 amide bonds. The lowest BCUT2D eigenvalue weighted by molar-refractivity contribution is 0.259. The monoisotopic (exact) mass is 288 g/mol. The Morgan fingerprint density at radius 3 is 1.53 bits per heavy atom. The molecule has 19 heavy (non-hydrogen) atoms. The number of unbranched alkanes of at least 4 members (excludes halogenated alkanes) is 11. The Bertz CT molecular complexity index is 161. The van der Waals surface area contributed by atoms with Crippen molar-refractivity contribution in [3.8, 4) is 0 Å². The summed E-state index contributed by atoms with van der Waals surface area (Å²) >= 11 is 1.71. The highest BCUT2D eigenvalue weighted by Gasteiger charge is 1.99. The normalized spacial score (nSPS) is 12.8. The lowest BCUT2D eigenvalue weighted by atomic mass is 10.1. The molecular formula is C17H36OS.